The molecule has 0 saturated heterocycles. The summed E-state index contributed by atoms with van der Waals surface area (Å²) in [4.78, 5) is 3.88. The largest absolute Gasteiger partial charge is 0.384 e. The van der Waals surface area contributed by atoms with Gasteiger partial charge in [-0.05, 0) is 29.2 Å². The number of anilines is 2. The zero-order chi connectivity index (χ0) is 15.7. The third kappa shape index (κ3) is 3.72. The molecule has 5 nitrogen and oxygen atoms in total. The lowest BCUT2D eigenvalue weighted by atomic mass is 9.87. The molecule has 1 aromatic heterocycles. The van der Waals surface area contributed by atoms with Crippen molar-refractivity contribution in [3.8, 4) is 0 Å². The van der Waals surface area contributed by atoms with Gasteiger partial charge in [0.25, 0.3) is 10.0 Å². The average Bonchev–Trinajstić information content (AvgIpc) is 2.38. The monoisotopic (exact) mass is 305 g/mol. The molecule has 0 atom stereocenters. The number of pyridine rings is 1. The van der Waals surface area contributed by atoms with E-state index in [-0.39, 0.29) is 16.1 Å². The summed E-state index contributed by atoms with van der Waals surface area (Å²) in [6, 6.07) is 10.1. The Morgan fingerprint density at radius 3 is 2.24 bits per heavy atom. The lowest BCUT2D eigenvalue weighted by Gasteiger charge is -2.19. The van der Waals surface area contributed by atoms with Crippen molar-refractivity contribution >= 4 is 21.5 Å². The van der Waals surface area contributed by atoms with E-state index in [4.69, 9.17) is 5.73 Å². The molecule has 0 bridgehead atoms. The van der Waals surface area contributed by atoms with E-state index in [1.54, 1.807) is 12.1 Å². The molecule has 21 heavy (non-hydrogen) atoms. The predicted octanol–water partition coefficient (Wildman–Crippen LogP) is 2.76. The normalized spacial score (nSPS) is 12.1. The Morgan fingerprint density at radius 1 is 1.10 bits per heavy atom. The van der Waals surface area contributed by atoms with Crippen LogP contribution in [-0.2, 0) is 15.4 Å². The molecule has 0 aliphatic rings. The summed E-state index contributed by atoms with van der Waals surface area (Å²) in [5.74, 6) is 0.168. The number of hydrogen-bond acceptors (Lipinski definition) is 4. The van der Waals surface area contributed by atoms with Crippen molar-refractivity contribution in [2.45, 2.75) is 31.1 Å². The van der Waals surface area contributed by atoms with Crippen LogP contribution in [0.15, 0.2) is 47.5 Å². The molecule has 2 rings (SSSR count). The first-order chi connectivity index (χ1) is 9.68. The van der Waals surface area contributed by atoms with Gasteiger partial charge in [0, 0.05) is 18.0 Å². The van der Waals surface area contributed by atoms with Crippen LogP contribution in [-0.4, -0.2) is 13.4 Å². The number of nitrogens with zero attached hydrogens (tertiary/aromatic N) is 1. The Labute approximate surface area is 125 Å². The summed E-state index contributed by atoms with van der Waals surface area (Å²) in [5, 5.41) is 0. The molecule has 3 N–H and O–H groups in total. The molecule has 0 saturated carbocycles. The van der Waals surface area contributed by atoms with Crippen molar-refractivity contribution in [3.63, 3.8) is 0 Å². The highest BCUT2D eigenvalue weighted by Gasteiger charge is 2.16. The predicted molar refractivity (Wildman–Crippen MR) is 84.6 cm³/mol. The number of aromatic nitrogens is 1. The minimum Gasteiger partial charge on any atom is -0.384 e. The molecule has 0 unspecified atom stereocenters. The molecular weight excluding hydrogens is 286 g/mol. The van der Waals surface area contributed by atoms with Gasteiger partial charge in [-0.25, -0.2) is 13.4 Å². The number of benzene rings is 1. The first-order valence-corrected chi connectivity index (χ1v) is 8.02. The van der Waals surface area contributed by atoms with E-state index in [1.165, 1.54) is 18.3 Å². The molecule has 112 valence electrons. The minimum atomic E-state index is -3.65. The van der Waals surface area contributed by atoms with Crippen LogP contribution in [0.25, 0.3) is 0 Å². The van der Waals surface area contributed by atoms with Crippen molar-refractivity contribution in [3.05, 3.63) is 48.2 Å². The molecule has 0 radical (unpaired) electrons. The molecule has 0 amide bonds. The van der Waals surface area contributed by atoms with Gasteiger partial charge in [-0.3, -0.25) is 4.72 Å². The second kappa shape index (κ2) is 5.37. The van der Waals surface area contributed by atoms with Gasteiger partial charge in [0.2, 0.25) is 0 Å². The van der Waals surface area contributed by atoms with Crippen LogP contribution in [0.1, 0.15) is 26.3 Å². The van der Waals surface area contributed by atoms with Crippen LogP contribution in [0.5, 0.6) is 0 Å². The van der Waals surface area contributed by atoms with Crippen LogP contribution in [0.4, 0.5) is 11.5 Å². The topological polar surface area (TPSA) is 85.1 Å². The third-order valence-electron chi connectivity index (χ3n) is 3.07. The molecular formula is C15H19N3O2S. The second-order valence-corrected chi connectivity index (χ2v) is 7.53. The Morgan fingerprint density at radius 2 is 1.71 bits per heavy atom. The Bertz CT molecular complexity index is 732. The maximum absolute atomic E-state index is 12.2. The van der Waals surface area contributed by atoms with Gasteiger partial charge in [0.05, 0.1) is 4.90 Å². The molecule has 6 heteroatoms. The van der Waals surface area contributed by atoms with E-state index in [9.17, 15) is 8.42 Å². The maximum atomic E-state index is 12.2. The van der Waals surface area contributed by atoms with Gasteiger partial charge < -0.3 is 5.73 Å². The Kier molecular flexibility index (Phi) is 3.91. The summed E-state index contributed by atoms with van der Waals surface area (Å²) in [5.41, 5.74) is 7.19. The number of nitrogens with two attached hydrogens (primary N) is 1. The number of sulfonamides is 1. The number of hydrogen-bond donors (Lipinski definition) is 2. The molecule has 0 aliphatic heterocycles. The second-order valence-electron chi connectivity index (χ2n) is 5.85. The lowest BCUT2D eigenvalue weighted by Crippen LogP contribution is -2.14. The fourth-order valence-electron chi connectivity index (χ4n) is 1.85. The van der Waals surface area contributed by atoms with E-state index in [1.807, 2.05) is 12.1 Å². The van der Waals surface area contributed by atoms with Crippen LogP contribution < -0.4 is 10.5 Å². The molecule has 0 fully saturated rings. The Hall–Kier alpha value is -2.08. The van der Waals surface area contributed by atoms with Gasteiger partial charge >= 0.3 is 0 Å². The van der Waals surface area contributed by atoms with Gasteiger partial charge in [0.15, 0.2) is 0 Å². The fraction of sp³-hybridized carbons (Fsp3) is 0.267. The van der Waals surface area contributed by atoms with E-state index in [2.05, 4.69) is 30.5 Å². The third-order valence-corrected chi connectivity index (χ3v) is 4.44. The quantitative estimate of drug-likeness (QED) is 0.913. The smallest absolute Gasteiger partial charge is 0.262 e. The van der Waals surface area contributed by atoms with Gasteiger partial charge in [-0.15, -0.1) is 0 Å². The van der Waals surface area contributed by atoms with Crippen molar-refractivity contribution in [2.75, 3.05) is 10.5 Å². The zero-order valence-corrected chi connectivity index (χ0v) is 13.1. The summed E-state index contributed by atoms with van der Waals surface area (Å²) in [6.07, 6.45) is 1.37. The highest BCUT2D eigenvalue weighted by atomic mass is 32.2. The van der Waals surface area contributed by atoms with E-state index in [0.717, 1.165) is 5.56 Å². The van der Waals surface area contributed by atoms with E-state index in [0.29, 0.717) is 5.69 Å². The van der Waals surface area contributed by atoms with Crippen LogP contribution in [0, 0.1) is 0 Å². The summed E-state index contributed by atoms with van der Waals surface area (Å²) < 4.78 is 27.0. The minimum absolute atomic E-state index is 0.0248. The van der Waals surface area contributed by atoms with Crippen molar-refractivity contribution in [1.82, 2.24) is 4.98 Å². The number of nitrogen functional groups attached to an aromatic ring is 1. The SMILES string of the molecule is CC(C)(C)c1ccc(NS(=O)(=O)c2ccnc(N)c2)cc1. The van der Waals surface area contributed by atoms with Crippen molar-refractivity contribution < 1.29 is 8.42 Å². The summed E-state index contributed by atoms with van der Waals surface area (Å²) in [6.45, 7) is 6.31. The standard InChI is InChI=1S/C15H19N3O2S/c1-15(2,3)11-4-6-12(7-5-11)18-21(19,20)13-8-9-17-14(16)10-13/h4-10,18H,1-3H3,(H2,16,17). The first-order valence-electron chi connectivity index (χ1n) is 6.53. The summed E-state index contributed by atoms with van der Waals surface area (Å²) >= 11 is 0. The van der Waals surface area contributed by atoms with Crippen LogP contribution >= 0.6 is 0 Å². The van der Waals surface area contributed by atoms with Crippen molar-refractivity contribution in [1.29, 1.82) is 0 Å². The maximum Gasteiger partial charge on any atom is 0.262 e. The highest BCUT2D eigenvalue weighted by Crippen LogP contribution is 2.24. The van der Waals surface area contributed by atoms with Crippen LogP contribution in [0.2, 0.25) is 0 Å². The zero-order valence-electron chi connectivity index (χ0n) is 12.3. The fourth-order valence-corrected chi connectivity index (χ4v) is 2.93. The van der Waals surface area contributed by atoms with Gasteiger partial charge in [-0.1, -0.05) is 32.9 Å². The number of rotatable bonds is 3. The summed E-state index contributed by atoms with van der Waals surface area (Å²) in [7, 11) is -3.65. The molecule has 0 aliphatic carbocycles. The molecule has 1 heterocycles. The van der Waals surface area contributed by atoms with Gasteiger partial charge in [-0.2, -0.15) is 0 Å². The molecule has 2 aromatic rings. The Balaban J connectivity index is 2.25. The van der Waals surface area contributed by atoms with Crippen LogP contribution in [0.3, 0.4) is 0 Å². The molecule has 1 aromatic carbocycles. The molecule has 0 spiro atoms. The first kappa shape index (κ1) is 15.3. The van der Waals surface area contributed by atoms with E-state index < -0.39 is 10.0 Å². The van der Waals surface area contributed by atoms with Gasteiger partial charge in [0.1, 0.15) is 5.82 Å². The highest BCUT2D eigenvalue weighted by molar-refractivity contribution is 7.92. The lowest BCUT2D eigenvalue weighted by molar-refractivity contribution is 0.590. The average molecular weight is 305 g/mol. The van der Waals surface area contributed by atoms with Crippen molar-refractivity contribution in [2.24, 2.45) is 0 Å². The number of nitrogens with one attached hydrogen (secondary N) is 1. The van der Waals surface area contributed by atoms with E-state index >= 15 is 0 Å².